The molecule has 0 radical (unpaired) electrons. The monoisotopic (exact) mass is 381 g/mol. The predicted molar refractivity (Wildman–Crippen MR) is 101 cm³/mol. The van der Waals surface area contributed by atoms with Gasteiger partial charge in [0.25, 0.3) is 5.91 Å². The molecule has 0 saturated carbocycles. The predicted octanol–water partition coefficient (Wildman–Crippen LogP) is 4.86. The third-order valence-electron chi connectivity index (χ3n) is 3.60. The molecule has 0 aliphatic heterocycles. The molecule has 0 aromatic heterocycles. The number of rotatable bonds is 8. The van der Waals surface area contributed by atoms with Gasteiger partial charge < -0.3 is 14.8 Å². The number of hydrogen-bond donors (Lipinski definition) is 1. The maximum atomic E-state index is 12.4. The normalized spacial score (nSPS) is 10.6. The Hall–Kier alpha value is -1.75. The SMILES string of the molecule is CCCOCc1cc(C(=O)NCc2ccc(Cl)cc2Cl)ccc1OC. The Morgan fingerprint density at radius 3 is 2.60 bits per heavy atom. The van der Waals surface area contributed by atoms with Gasteiger partial charge in [0.1, 0.15) is 5.75 Å². The van der Waals surface area contributed by atoms with E-state index in [0.29, 0.717) is 41.1 Å². The molecule has 0 fully saturated rings. The first-order chi connectivity index (χ1) is 12.0. The van der Waals surface area contributed by atoms with Crippen LogP contribution < -0.4 is 10.1 Å². The second-order valence-corrected chi connectivity index (χ2v) is 6.34. The van der Waals surface area contributed by atoms with E-state index in [4.69, 9.17) is 32.7 Å². The van der Waals surface area contributed by atoms with E-state index in [0.717, 1.165) is 17.5 Å². The number of hydrogen-bond acceptors (Lipinski definition) is 3. The molecule has 0 aliphatic carbocycles. The first-order valence-corrected chi connectivity index (χ1v) is 8.77. The van der Waals surface area contributed by atoms with Crippen molar-refractivity contribution < 1.29 is 14.3 Å². The largest absolute Gasteiger partial charge is 0.496 e. The molecule has 0 aliphatic rings. The summed E-state index contributed by atoms with van der Waals surface area (Å²) in [5.41, 5.74) is 2.19. The van der Waals surface area contributed by atoms with Crippen molar-refractivity contribution in [2.45, 2.75) is 26.5 Å². The van der Waals surface area contributed by atoms with Crippen LogP contribution in [0, 0.1) is 0 Å². The van der Waals surface area contributed by atoms with E-state index in [1.165, 1.54) is 0 Å². The van der Waals surface area contributed by atoms with E-state index in [-0.39, 0.29) is 5.91 Å². The van der Waals surface area contributed by atoms with Crippen LogP contribution in [0.1, 0.15) is 34.8 Å². The van der Waals surface area contributed by atoms with Gasteiger partial charge >= 0.3 is 0 Å². The Morgan fingerprint density at radius 2 is 1.92 bits per heavy atom. The first kappa shape index (κ1) is 19.6. The minimum atomic E-state index is -0.189. The van der Waals surface area contributed by atoms with Crippen molar-refractivity contribution in [2.75, 3.05) is 13.7 Å². The van der Waals surface area contributed by atoms with E-state index < -0.39 is 0 Å². The molecule has 2 aromatic rings. The molecule has 0 heterocycles. The molecule has 1 amide bonds. The van der Waals surface area contributed by atoms with Crippen molar-refractivity contribution in [3.63, 3.8) is 0 Å². The Labute approximate surface area is 158 Å². The number of methoxy groups -OCH3 is 1. The standard InChI is InChI=1S/C19H21Cl2NO3/c1-3-8-25-12-15-9-13(5-7-18(15)24-2)19(23)22-11-14-4-6-16(20)10-17(14)21/h4-7,9-10H,3,8,11-12H2,1-2H3,(H,22,23). The Morgan fingerprint density at radius 1 is 1.12 bits per heavy atom. The smallest absolute Gasteiger partial charge is 0.251 e. The first-order valence-electron chi connectivity index (χ1n) is 8.02. The summed E-state index contributed by atoms with van der Waals surface area (Å²) in [5.74, 6) is 0.513. The molecule has 0 unspecified atom stereocenters. The summed E-state index contributed by atoms with van der Waals surface area (Å²) in [5, 5.41) is 3.95. The second-order valence-electron chi connectivity index (χ2n) is 5.50. The van der Waals surface area contributed by atoms with Gasteiger partial charge in [-0.1, -0.05) is 36.2 Å². The third-order valence-corrected chi connectivity index (χ3v) is 4.19. The van der Waals surface area contributed by atoms with Crippen molar-refractivity contribution in [3.8, 4) is 5.75 Å². The van der Waals surface area contributed by atoms with Crippen LogP contribution in [0.3, 0.4) is 0 Å². The van der Waals surface area contributed by atoms with Crippen LogP contribution in [0.4, 0.5) is 0 Å². The van der Waals surface area contributed by atoms with Gasteiger partial charge in [-0.05, 0) is 42.3 Å². The van der Waals surface area contributed by atoms with Gasteiger partial charge in [-0.3, -0.25) is 4.79 Å². The minimum absolute atomic E-state index is 0.189. The number of benzene rings is 2. The van der Waals surface area contributed by atoms with Gasteiger partial charge in [0, 0.05) is 34.3 Å². The fourth-order valence-corrected chi connectivity index (χ4v) is 2.78. The van der Waals surface area contributed by atoms with Crippen LogP contribution >= 0.6 is 23.2 Å². The molecule has 25 heavy (non-hydrogen) atoms. The van der Waals surface area contributed by atoms with Crippen molar-refractivity contribution in [2.24, 2.45) is 0 Å². The van der Waals surface area contributed by atoms with Crippen LogP contribution in [-0.2, 0) is 17.9 Å². The van der Waals surface area contributed by atoms with Gasteiger partial charge in [-0.15, -0.1) is 0 Å². The molecule has 2 rings (SSSR count). The number of amides is 1. The average Bonchev–Trinajstić information content (AvgIpc) is 2.61. The molecular weight excluding hydrogens is 361 g/mol. The van der Waals surface area contributed by atoms with E-state index >= 15 is 0 Å². The summed E-state index contributed by atoms with van der Waals surface area (Å²) < 4.78 is 10.9. The van der Waals surface area contributed by atoms with Crippen molar-refractivity contribution in [1.82, 2.24) is 5.32 Å². The van der Waals surface area contributed by atoms with Crippen LogP contribution in [0.5, 0.6) is 5.75 Å². The average molecular weight is 382 g/mol. The molecule has 1 N–H and O–H groups in total. The van der Waals surface area contributed by atoms with E-state index in [2.05, 4.69) is 5.32 Å². The van der Waals surface area contributed by atoms with Crippen LogP contribution in [0.25, 0.3) is 0 Å². The summed E-state index contributed by atoms with van der Waals surface area (Å²) >= 11 is 12.0. The maximum Gasteiger partial charge on any atom is 0.251 e. The fourth-order valence-electron chi connectivity index (χ4n) is 2.30. The highest BCUT2D eigenvalue weighted by atomic mass is 35.5. The summed E-state index contributed by atoms with van der Waals surface area (Å²) in [6, 6.07) is 10.5. The zero-order valence-corrected chi connectivity index (χ0v) is 15.8. The highest BCUT2D eigenvalue weighted by Gasteiger charge is 2.11. The lowest BCUT2D eigenvalue weighted by Gasteiger charge is -2.12. The third kappa shape index (κ3) is 5.63. The van der Waals surface area contributed by atoms with Gasteiger partial charge in [0.05, 0.1) is 13.7 Å². The van der Waals surface area contributed by atoms with E-state index in [1.807, 2.05) is 6.92 Å². The number of halogens is 2. The van der Waals surface area contributed by atoms with Crippen LogP contribution in [0.2, 0.25) is 10.0 Å². The molecule has 6 heteroatoms. The molecule has 0 saturated heterocycles. The second kappa shape index (κ2) is 9.66. The Kier molecular flexibility index (Phi) is 7.56. The molecule has 2 aromatic carbocycles. The Balaban J connectivity index is 2.06. The lowest BCUT2D eigenvalue weighted by atomic mass is 10.1. The highest BCUT2D eigenvalue weighted by molar-refractivity contribution is 6.35. The summed E-state index contributed by atoms with van der Waals surface area (Å²) in [7, 11) is 1.60. The Bertz CT molecular complexity index is 735. The zero-order valence-electron chi connectivity index (χ0n) is 14.3. The minimum Gasteiger partial charge on any atom is -0.496 e. The van der Waals surface area contributed by atoms with E-state index in [1.54, 1.807) is 43.5 Å². The molecule has 134 valence electrons. The lowest BCUT2D eigenvalue weighted by Crippen LogP contribution is -2.23. The number of carbonyl (C=O) groups excluding carboxylic acids is 1. The van der Waals surface area contributed by atoms with Gasteiger partial charge in [0.15, 0.2) is 0 Å². The number of ether oxygens (including phenoxy) is 2. The van der Waals surface area contributed by atoms with Gasteiger partial charge in [-0.25, -0.2) is 0 Å². The van der Waals surface area contributed by atoms with Crippen molar-refractivity contribution >= 4 is 29.1 Å². The molecule has 0 spiro atoms. The van der Waals surface area contributed by atoms with Crippen molar-refractivity contribution in [3.05, 3.63) is 63.1 Å². The summed E-state index contributed by atoms with van der Waals surface area (Å²) in [6.07, 6.45) is 0.935. The molecule has 0 bridgehead atoms. The number of carbonyl (C=O) groups is 1. The number of nitrogens with one attached hydrogen (secondary N) is 1. The maximum absolute atomic E-state index is 12.4. The quantitative estimate of drug-likeness (QED) is 0.664. The summed E-state index contributed by atoms with van der Waals surface area (Å²) in [6.45, 7) is 3.43. The fraction of sp³-hybridized carbons (Fsp3) is 0.316. The molecule has 4 nitrogen and oxygen atoms in total. The zero-order chi connectivity index (χ0) is 18.2. The summed E-state index contributed by atoms with van der Waals surface area (Å²) in [4.78, 5) is 12.4. The topological polar surface area (TPSA) is 47.6 Å². The highest BCUT2D eigenvalue weighted by Crippen LogP contribution is 2.22. The van der Waals surface area contributed by atoms with Gasteiger partial charge in [-0.2, -0.15) is 0 Å². The molecular formula is C19H21Cl2NO3. The van der Waals surface area contributed by atoms with Crippen LogP contribution in [0.15, 0.2) is 36.4 Å². The lowest BCUT2D eigenvalue weighted by molar-refractivity contribution is 0.0950. The molecule has 0 atom stereocenters. The van der Waals surface area contributed by atoms with E-state index in [9.17, 15) is 4.79 Å². The van der Waals surface area contributed by atoms with Gasteiger partial charge in [0.2, 0.25) is 0 Å². The van der Waals surface area contributed by atoms with Crippen molar-refractivity contribution in [1.29, 1.82) is 0 Å². The van der Waals surface area contributed by atoms with Crippen LogP contribution in [-0.4, -0.2) is 19.6 Å².